The molecule has 0 fully saturated rings. The third-order valence-electron chi connectivity index (χ3n) is 5.26. The number of rotatable bonds is 3. The van der Waals surface area contributed by atoms with Crippen LogP contribution in [0.2, 0.25) is 0 Å². The maximum atomic E-state index is 11.1. The molecule has 0 saturated heterocycles. The third-order valence-corrected chi connectivity index (χ3v) is 5.26. The molecule has 0 radical (unpaired) electrons. The van der Waals surface area contributed by atoms with Crippen molar-refractivity contribution in [2.24, 2.45) is 0 Å². The lowest BCUT2D eigenvalue weighted by molar-refractivity contribution is 0.428. The predicted octanol–water partition coefficient (Wildman–Crippen LogP) is 6.46. The van der Waals surface area contributed by atoms with Crippen molar-refractivity contribution >= 4 is 0 Å². The molecular weight excluding hydrogens is 344 g/mol. The molecule has 0 aliphatic heterocycles. The number of aromatic hydroxyl groups is 2. The Kier molecular flexibility index (Phi) is 5.90. The van der Waals surface area contributed by atoms with E-state index in [0.29, 0.717) is 6.42 Å². The van der Waals surface area contributed by atoms with Crippen molar-refractivity contribution in [3.8, 4) is 23.8 Å². The van der Waals surface area contributed by atoms with Gasteiger partial charge in [-0.2, -0.15) is 0 Å². The number of benzene rings is 2. The second kappa shape index (κ2) is 7.55. The lowest BCUT2D eigenvalue weighted by Gasteiger charge is -2.28. The molecule has 0 aromatic heterocycles. The monoisotopic (exact) mass is 378 g/mol. The van der Waals surface area contributed by atoms with Crippen LogP contribution in [0.1, 0.15) is 87.3 Å². The lowest BCUT2D eigenvalue weighted by atomic mass is 9.77. The van der Waals surface area contributed by atoms with E-state index in [1.54, 1.807) is 0 Å². The molecule has 0 bridgehead atoms. The van der Waals surface area contributed by atoms with Crippen LogP contribution >= 0.6 is 0 Å². The smallest absolute Gasteiger partial charge is 0.123 e. The van der Waals surface area contributed by atoms with Gasteiger partial charge in [0, 0.05) is 23.5 Å². The summed E-state index contributed by atoms with van der Waals surface area (Å²) in [4.78, 5) is 0. The van der Waals surface area contributed by atoms with E-state index in [4.69, 9.17) is 6.42 Å². The van der Waals surface area contributed by atoms with E-state index in [1.165, 1.54) is 0 Å². The van der Waals surface area contributed by atoms with Crippen molar-refractivity contribution in [2.45, 2.75) is 78.6 Å². The lowest BCUT2D eigenvalue weighted by Crippen LogP contribution is -2.15. The number of hydrogen-bond donors (Lipinski definition) is 2. The number of aryl methyl sites for hydroxylation is 2. The van der Waals surface area contributed by atoms with E-state index >= 15 is 0 Å². The van der Waals surface area contributed by atoms with Crippen LogP contribution in [0.25, 0.3) is 0 Å². The second-order valence-corrected chi connectivity index (χ2v) is 9.96. The van der Waals surface area contributed by atoms with Gasteiger partial charge in [-0.25, -0.2) is 0 Å². The van der Waals surface area contributed by atoms with Crippen LogP contribution in [0.5, 0.6) is 11.5 Å². The molecule has 28 heavy (non-hydrogen) atoms. The fourth-order valence-corrected chi connectivity index (χ4v) is 3.79. The minimum atomic E-state index is -0.271. The zero-order valence-electron chi connectivity index (χ0n) is 18.6. The first kappa shape index (κ1) is 21.9. The van der Waals surface area contributed by atoms with Crippen LogP contribution in [-0.2, 0) is 10.8 Å². The molecule has 2 nitrogen and oxygen atoms in total. The Balaban J connectivity index is 2.82. The average Bonchev–Trinajstić information content (AvgIpc) is 2.54. The molecule has 0 aliphatic rings. The first-order chi connectivity index (χ1) is 12.8. The summed E-state index contributed by atoms with van der Waals surface area (Å²) in [6, 6.07) is 8.04. The van der Waals surface area contributed by atoms with E-state index < -0.39 is 0 Å². The molecule has 0 amide bonds. The van der Waals surface area contributed by atoms with Gasteiger partial charge < -0.3 is 10.2 Å². The zero-order valence-corrected chi connectivity index (χ0v) is 18.6. The molecule has 0 atom stereocenters. The van der Waals surface area contributed by atoms with Gasteiger partial charge in [-0.3, -0.25) is 0 Å². The molecule has 2 heteroatoms. The first-order valence-electron chi connectivity index (χ1n) is 9.88. The summed E-state index contributed by atoms with van der Waals surface area (Å²) >= 11 is 0. The zero-order chi connectivity index (χ0) is 21.4. The number of terminal acetylenes is 1. The van der Waals surface area contributed by atoms with Gasteiger partial charge in [-0.1, -0.05) is 76.9 Å². The summed E-state index contributed by atoms with van der Waals surface area (Å²) < 4.78 is 0. The Morgan fingerprint density at radius 1 is 0.786 bits per heavy atom. The van der Waals surface area contributed by atoms with Gasteiger partial charge >= 0.3 is 0 Å². The van der Waals surface area contributed by atoms with Crippen LogP contribution < -0.4 is 0 Å². The van der Waals surface area contributed by atoms with Crippen molar-refractivity contribution in [1.82, 2.24) is 0 Å². The molecule has 2 N–H and O–H groups in total. The highest BCUT2D eigenvalue weighted by Crippen LogP contribution is 2.45. The van der Waals surface area contributed by atoms with Crippen molar-refractivity contribution in [2.75, 3.05) is 0 Å². The Morgan fingerprint density at radius 3 is 1.43 bits per heavy atom. The van der Waals surface area contributed by atoms with E-state index in [-0.39, 0.29) is 28.2 Å². The fourth-order valence-electron chi connectivity index (χ4n) is 3.79. The Bertz CT molecular complexity index is 846. The van der Waals surface area contributed by atoms with Gasteiger partial charge in [-0.15, -0.1) is 12.3 Å². The van der Waals surface area contributed by atoms with E-state index in [1.807, 2.05) is 38.1 Å². The van der Waals surface area contributed by atoms with Gasteiger partial charge in [0.1, 0.15) is 11.5 Å². The number of phenolic OH excluding ortho intramolecular Hbond substituents is 2. The summed E-state index contributed by atoms with van der Waals surface area (Å²) in [6.45, 7) is 16.6. The topological polar surface area (TPSA) is 40.5 Å². The Morgan fingerprint density at radius 2 is 1.14 bits per heavy atom. The summed E-state index contributed by atoms with van der Waals surface area (Å²) in [6.07, 6.45) is 6.12. The highest BCUT2D eigenvalue weighted by Gasteiger charge is 2.29. The Hall–Kier alpha value is -2.40. The summed E-state index contributed by atoms with van der Waals surface area (Å²) in [5.74, 6) is 3.03. The van der Waals surface area contributed by atoms with Gasteiger partial charge in [-0.05, 0) is 35.8 Å². The standard InChI is InChI=1S/C26H34O2/c1-10-11-18(19-12-16(2)14-21(23(19)27)25(4,5)6)20-13-17(3)15-22(24(20)28)26(7,8)9/h1,12-15,18,27-28H,11H2,2-9H3. The normalized spacial score (nSPS) is 12.3. The Labute approximate surface area is 170 Å². The summed E-state index contributed by atoms with van der Waals surface area (Å²) in [7, 11) is 0. The minimum Gasteiger partial charge on any atom is -0.507 e. The van der Waals surface area contributed by atoms with Gasteiger partial charge in [0.25, 0.3) is 0 Å². The molecule has 0 spiro atoms. The van der Waals surface area contributed by atoms with Crippen molar-refractivity contribution < 1.29 is 10.2 Å². The van der Waals surface area contributed by atoms with Crippen LogP contribution in [0.4, 0.5) is 0 Å². The highest BCUT2D eigenvalue weighted by molar-refractivity contribution is 5.56. The largest absolute Gasteiger partial charge is 0.507 e. The van der Waals surface area contributed by atoms with Gasteiger partial charge in [0.15, 0.2) is 0 Å². The molecule has 150 valence electrons. The quantitative estimate of drug-likeness (QED) is 0.601. The van der Waals surface area contributed by atoms with Gasteiger partial charge in [0.05, 0.1) is 0 Å². The van der Waals surface area contributed by atoms with Crippen molar-refractivity contribution in [1.29, 1.82) is 0 Å². The summed E-state index contributed by atoms with van der Waals surface area (Å²) in [5.41, 5.74) is 5.10. The molecule has 2 rings (SSSR count). The average molecular weight is 379 g/mol. The molecule has 2 aromatic rings. The van der Waals surface area contributed by atoms with Crippen LogP contribution in [-0.4, -0.2) is 10.2 Å². The third kappa shape index (κ3) is 4.36. The van der Waals surface area contributed by atoms with E-state index in [0.717, 1.165) is 33.4 Å². The van der Waals surface area contributed by atoms with Crippen LogP contribution in [0, 0.1) is 26.2 Å². The van der Waals surface area contributed by atoms with Crippen LogP contribution in [0.15, 0.2) is 24.3 Å². The maximum absolute atomic E-state index is 11.1. The second-order valence-electron chi connectivity index (χ2n) is 9.96. The van der Waals surface area contributed by atoms with E-state index in [9.17, 15) is 10.2 Å². The SMILES string of the molecule is C#CCC(c1cc(C)cc(C(C)(C)C)c1O)c1cc(C)cc(C(C)(C)C)c1O. The maximum Gasteiger partial charge on any atom is 0.123 e. The van der Waals surface area contributed by atoms with Crippen molar-refractivity contribution in [3.05, 3.63) is 57.6 Å². The fraction of sp³-hybridized carbons (Fsp3) is 0.462. The minimum absolute atomic E-state index is 0.198. The van der Waals surface area contributed by atoms with E-state index in [2.05, 4.69) is 47.5 Å². The van der Waals surface area contributed by atoms with Crippen molar-refractivity contribution in [3.63, 3.8) is 0 Å². The molecule has 2 aromatic carbocycles. The summed E-state index contributed by atoms with van der Waals surface area (Å²) in [5, 5.41) is 22.3. The molecular formula is C26H34O2. The molecule has 0 aliphatic carbocycles. The molecule has 0 unspecified atom stereocenters. The predicted molar refractivity (Wildman–Crippen MR) is 118 cm³/mol. The number of hydrogen-bond acceptors (Lipinski definition) is 2. The number of phenols is 2. The first-order valence-corrected chi connectivity index (χ1v) is 9.88. The van der Waals surface area contributed by atoms with Crippen LogP contribution in [0.3, 0.4) is 0 Å². The molecule has 0 saturated carbocycles. The van der Waals surface area contributed by atoms with Gasteiger partial charge in [0.2, 0.25) is 0 Å². The highest BCUT2D eigenvalue weighted by atomic mass is 16.3. The molecule has 0 heterocycles.